The van der Waals surface area contributed by atoms with E-state index in [0.717, 1.165) is 70.5 Å². The van der Waals surface area contributed by atoms with Gasteiger partial charge in [-0.25, -0.2) is 0 Å². The Morgan fingerprint density at radius 2 is 1.93 bits per heavy atom. The molecule has 1 heterocycles. The first-order valence-electron chi connectivity index (χ1n) is 10.6. The van der Waals surface area contributed by atoms with Crippen LogP contribution in [0.5, 0.6) is 0 Å². The van der Waals surface area contributed by atoms with E-state index in [4.69, 9.17) is 4.74 Å². The molecule has 3 rings (SSSR count). The van der Waals surface area contributed by atoms with E-state index >= 15 is 0 Å². The van der Waals surface area contributed by atoms with Gasteiger partial charge in [0.25, 0.3) is 0 Å². The number of nitrogens with one attached hydrogen (secondary N) is 2. The Morgan fingerprint density at radius 1 is 1.18 bits per heavy atom. The lowest BCUT2D eigenvalue weighted by molar-refractivity contribution is -0.132. The Hall–Kier alpha value is -2.08. The fourth-order valence-electron chi connectivity index (χ4n) is 3.45. The van der Waals surface area contributed by atoms with Gasteiger partial charge in [0.15, 0.2) is 5.96 Å². The molecule has 2 N–H and O–H groups in total. The standard InChI is InChI=1S/C22H34N4O2/c1-23-22(25-13-5-15-28-17-18-9-10-18)24-12-4-8-21(27)26-14-11-19-6-2-3-7-20(19)16-26/h2-3,6-7,18H,4-5,8-17H2,1H3,(H2,23,24,25). The van der Waals surface area contributed by atoms with Crippen LogP contribution in [0.25, 0.3) is 0 Å². The largest absolute Gasteiger partial charge is 0.381 e. The van der Waals surface area contributed by atoms with E-state index in [1.165, 1.54) is 24.0 Å². The number of ether oxygens (including phenoxy) is 1. The molecule has 1 aliphatic carbocycles. The van der Waals surface area contributed by atoms with Crippen molar-refractivity contribution in [3.05, 3.63) is 35.4 Å². The fourth-order valence-corrected chi connectivity index (χ4v) is 3.45. The predicted octanol–water partition coefficient (Wildman–Crippen LogP) is 2.33. The molecule has 2 aliphatic rings. The first-order chi connectivity index (χ1) is 13.8. The summed E-state index contributed by atoms with van der Waals surface area (Å²) in [5, 5.41) is 6.59. The maximum atomic E-state index is 12.5. The van der Waals surface area contributed by atoms with Crippen LogP contribution in [0.4, 0.5) is 0 Å². The van der Waals surface area contributed by atoms with Crippen molar-refractivity contribution in [1.82, 2.24) is 15.5 Å². The molecule has 28 heavy (non-hydrogen) atoms. The number of guanidine groups is 1. The average Bonchev–Trinajstić information content (AvgIpc) is 3.55. The minimum Gasteiger partial charge on any atom is -0.381 e. The van der Waals surface area contributed by atoms with Crippen molar-refractivity contribution in [2.45, 2.75) is 45.1 Å². The summed E-state index contributed by atoms with van der Waals surface area (Å²) in [4.78, 5) is 18.7. The van der Waals surface area contributed by atoms with Crippen molar-refractivity contribution in [3.8, 4) is 0 Å². The monoisotopic (exact) mass is 386 g/mol. The number of nitrogens with zero attached hydrogens (tertiary/aromatic N) is 2. The van der Waals surface area contributed by atoms with E-state index in [0.29, 0.717) is 6.42 Å². The molecule has 1 aliphatic heterocycles. The lowest BCUT2D eigenvalue weighted by Crippen LogP contribution is -2.39. The van der Waals surface area contributed by atoms with Gasteiger partial charge in [0.2, 0.25) is 5.91 Å². The molecule has 0 bridgehead atoms. The van der Waals surface area contributed by atoms with Crippen molar-refractivity contribution in [2.75, 3.05) is 39.9 Å². The van der Waals surface area contributed by atoms with Gasteiger partial charge in [0.1, 0.15) is 0 Å². The number of benzene rings is 1. The van der Waals surface area contributed by atoms with Crippen LogP contribution in [-0.2, 0) is 22.5 Å². The molecule has 1 saturated carbocycles. The normalized spacial score (nSPS) is 16.6. The Balaban J connectivity index is 1.24. The van der Waals surface area contributed by atoms with Gasteiger partial charge in [-0.15, -0.1) is 0 Å². The third kappa shape index (κ3) is 6.82. The van der Waals surface area contributed by atoms with Crippen LogP contribution in [0, 0.1) is 5.92 Å². The Morgan fingerprint density at radius 3 is 2.68 bits per heavy atom. The molecule has 0 saturated heterocycles. The van der Waals surface area contributed by atoms with E-state index in [1.54, 1.807) is 7.05 Å². The summed E-state index contributed by atoms with van der Waals surface area (Å²) in [7, 11) is 1.77. The molecule has 1 fully saturated rings. The summed E-state index contributed by atoms with van der Waals surface area (Å²) in [5.74, 6) is 1.86. The molecule has 154 valence electrons. The molecule has 1 aromatic carbocycles. The zero-order chi connectivity index (χ0) is 19.6. The van der Waals surface area contributed by atoms with Crippen LogP contribution >= 0.6 is 0 Å². The summed E-state index contributed by atoms with van der Waals surface area (Å²) in [6.07, 6.45) is 5.98. The van der Waals surface area contributed by atoms with Crippen LogP contribution < -0.4 is 10.6 Å². The molecule has 1 amide bonds. The maximum Gasteiger partial charge on any atom is 0.222 e. The van der Waals surface area contributed by atoms with Crippen LogP contribution in [0.2, 0.25) is 0 Å². The minimum absolute atomic E-state index is 0.243. The molecule has 0 spiro atoms. The molecule has 6 nitrogen and oxygen atoms in total. The topological polar surface area (TPSA) is 66.0 Å². The van der Waals surface area contributed by atoms with Crippen molar-refractivity contribution < 1.29 is 9.53 Å². The Bertz CT molecular complexity index is 658. The van der Waals surface area contributed by atoms with Crippen molar-refractivity contribution in [3.63, 3.8) is 0 Å². The van der Waals surface area contributed by atoms with E-state index in [9.17, 15) is 4.79 Å². The highest BCUT2D eigenvalue weighted by Gasteiger charge is 2.21. The van der Waals surface area contributed by atoms with Gasteiger partial charge in [-0.3, -0.25) is 9.79 Å². The number of hydrogen-bond donors (Lipinski definition) is 2. The Labute approximate surface area is 168 Å². The third-order valence-electron chi connectivity index (χ3n) is 5.38. The first kappa shape index (κ1) is 20.6. The highest BCUT2D eigenvalue weighted by atomic mass is 16.5. The van der Waals surface area contributed by atoms with E-state index < -0.39 is 0 Å². The van der Waals surface area contributed by atoms with Gasteiger partial charge >= 0.3 is 0 Å². The fraction of sp³-hybridized carbons (Fsp3) is 0.636. The minimum atomic E-state index is 0.243. The molecule has 0 radical (unpaired) electrons. The van der Waals surface area contributed by atoms with Gasteiger partial charge in [-0.1, -0.05) is 24.3 Å². The number of fused-ring (bicyclic) bond motifs is 1. The number of rotatable bonds is 10. The smallest absolute Gasteiger partial charge is 0.222 e. The van der Waals surface area contributed by atoms with Crippen LogP contribution in [0.15, 0.2) is 29.3 Å². The summed E-state index contributed by atoms with van der Waals surface area (Å²) < 4.78 is 5.64. The second-order valence-electron chi connectivity index (χ2n) is 7.74. The number of carbonyl (C=O) groups is 1. The van der Waals surface area contributed by atoms with E-state index in [1.807, 2.05) is 4.90 Å². The Kier molecular flexibility index (Phi) is 8.15. The molecular formula is C22H34N4O2. The van der Waals surface area contributed by atoms with E-state index in [2.05, 4.69) is 39.9 Å². The maximum absolute atomic E-state index is 12.5. The van der Waals surface area contributed by atoms with Crippen molar-refractivity contribution >= 4 is 11.9 Å². The highest BCUT2D eigenvalue weighted by molar-refractivity contribution is 5.80. The van der Waals surface area contributed by atoms with E-state index in [-0.39, 0.29) is 5.91 Å². The summed E-state index contributed by atoms with van der Waals surface area (Å²) in [5.41, 5.74) is 2.66. The second-order valence-corrected chi connectivity index (χ2v) is 7.74. The number of hydrogen-bond acceptors (Lipinski definition) is 3. The molecule has 0 unspecified atom stereocenters. The number of amides is 1. The zero-order valence-corrected chi connectivity index (χ0v) is 17.1. The number of carbonyl (C=O) groups excluding carboxylic acids is 1. The van der Waals surface area contributed by atoms with Crippen LogP contribution in [-0.4, -0.2) is 56.7 Å². The average molecular weight is 387 g/mol. The number of aliphatic imine (C=N–C) groups is 1. The van der Waals surface area contributed by atoms with Gasteiger partial charge < -0.3 is 20.3 Å². The first-order valence-corrected chi connectivity index (χ1v) is 10.6. The van der Waals surface area contributed by atoms with Gasteiger partial charge in [0, 0.05) is 52.9 Å². The molecule has 1 aromatic rings. The lowest BCUT2D eigenvalue weighted by atomic mass is 9.99. The summed E-state index contributed by atoms with van der Waals surface area (Å²) >= 11 is 0. The summed E-state index contributed by atoms with van der Waals surface area (Å²) in [6, 6.07) is 8.42. The van der Waals surface area contributed by atoms with Gasteiger partial charge in [0.05, 0.1) is 0 Å². The molecular weight excluding hydrogens is 352 g/mol. The second kappa shape index (κ2) is 11.1. The lowest BCUT2D eigenvalue weighted by Gasteiger charge is -2.29. The zero-order valence-electron chi connectivity index (χ0n) is 17.1. The SMILES string of the molecule is CN=C(NCCCOCC1CC1)NCCCC(=O)N1CCc2ccccc2C1. The van der Waals surface area contributed by atoms with Crippen LogP contribution in [0.1, 0.15) is 43.2 Å². The summed E-state index contributed by atoms with van der Waals surface area (Å²) in [6.45, 7) is 4.88. The third-order valence-corrected chi connectivity index (χ3v) is 5.38. The molecule has 6 heteroatoms. The van der Waals surface area contributed by atoms with Gasteiger partial charge in [-0.05, 0) is 49.1 Å². The van der Waals surface area contributed by atoms with Crippen molar-refractivity contribution in [2.24, 2.45) is 10.9 Å². The molecule has 0 aromatic heterocycles. The predicted molar refractivity (Wildman–Crippen MR) is 112 cm³/mol. The van der Waals surface area contributed by atoms with Gasteiger partial charge in [-0.2, -0.15) is 0 Å². The van der Waals surface area contributed by atoms with Crippen LogP contribution in [0.3, 0.4) is 0 Å². The quantitative estimate of drug-likeness (QED) is 0.368. The van der Waals surface area contributed by atoms with Crippen molar-refractivity contribution in [1.29, 1.82) is 0 Å². The highest BCUT2D eigenvalue weighted by Crippen LogP contribution is 2.28. The molecule has 0 atom stereocenters.